The van der Waals surface area contributed by atoms with Crippen molar-refractivity contribution >= 4 is 0 Å². The molecule has 0 aliphatic rings. The lowest BCUT2D eigenvalue weighted by Crippen LogP contribution is -1.99. The molecule has 6 aromatic carbocycles. The van der Waals surface area contributed by atoms with Gasteiger partial charge >= 0.3 is 0 Å². The second-order valence-corrected chi connectivity index (χ2v) is 15.3. The third-order valence-corrected chi connectivity index (χ3v) is 10.9. The summed E-state index contributed by atoms with van der Waals surface area (Å²) >= 11 is 0. The maximum atomic E-state index is 6.83. The molecule has 0 saturated heterocycles. The molecule has 0 bridgehead atoms. The summed E-state index contributed by atoms with van der Waals surface area (Å²) in [6.07, 6.45) is 8.89. The Labute approximate surface area is 377 Å². The normalized spacial score (nSPS) is 10.9. The van der Waals surface area contributed by atoms with E-state index in [9.17, 15) is 0 Å². The fourth-order valence-corrected chi connectivity index (χ4v) is 7.60. The van der Waals surface area contributed by atoms with Gasteiger partial charge < -0.3 is 14.2 Å². The fraction of sp³-hybridized carbons (Fsp3) is 0.0351. The van der Waals surface area contributed by atoms with Crippen LogP contribution in [0.4, 0.5) is 0 Å². The van der Waals surface area contributed by atoms with Gasteiger partial charge in [-0.1, -0.05) is 109 Å². The van der Waals surface area contributed by atoms with Gasteiger partial charge in [0, 0.05) is 64.9 Å². The first kappa shape index (κ1) is 40.3. The number of rotatable bonds is 14. The van der Waals surface area contributed by atoms with Crippen molar-refractivity contribution in [2.75, 3.05) is 0 Å². The van der Waals surface area contributed by atoms with Gasteiger partial charge in [-0.15, -0.1) is 0 Å². The van der Waals surface area contributed by atoms with Crippen LogP contribution >= 0.6 is 0 Å². The smallest absolute Gasteiger partial charge is 0.159 e. The highest BCUT2D eigenvalue weighted by Crippen LogP contribution is 2.43. The van der Waals surface area contributed by atoms with Crippen LogP contribution in [-0.4, -0.2) is 24.9 Å². The average molecular weight is 844 g/mol. The Bertz CT molecular complexity index is 3050. The molecule has 0 fully saturated rings. The van der Waals surface area contributed by atoms with E-state index >= 15 is 0 Å². The van der Waals surface area contributed by atoms with Crippen molar-refractivity contribution in [2.24, 2.45) is 0 Å². The summed E-state index contributed by atoms with van der Waals surface area (Å²) < 4.78 is 20.0. The van der Waals surface area contributed by atoms with E-state index in [0.29, 0.717) is 42.0 Å². The minimum Gasteiger partial charge on any atom is -0.489 e. The molecule has 65 heavy (non-hydrogen) atoms. The Morgan fingerprint density at radius 1 is 0.308 bits per heavy atom. The molecule has 4 heterocycles. The highest BCUT2D eigenvalue weighted by Gasteiger charge is 2.17. The highest BCUT2D eigenvalue weighted by atomic mass is 16.5. The Balaban J connectivity index is 1.00. The number of aromatic nitrogens is 5. The van der Waals surface area contributed by atoms with Crippen LogP contribution in [0, 0.1) is 0 Å². The van der Waals surface area contributed by atoms with Gasteiger partial charge in [0.15, 0.2) is 5.82 Å². The number of pyridine rings is 3. The number of hydrogen-bond acceptors (Lipinski definition) is 8. The minimum absolute atomic E-state index is 0.362. The van der Waals surface area contributed by atoms with Crippen molar-refractivity contribution in [3.05, 3.63) is 236 Å². The van der Waals surface area contributed by atoms with E-state index in [-0.39, 0.29) is 0 Å². The Kier molecular flexibility index (Phi) is 11.9. The van der Waals surface area contributed by atoms with Crippen LogP contribution in [0.3, 0.4) is 0 Å². The van der Waals surface area contributed by atoms with Crippen molar-refractivity contribution in [1.82, 2.24) is 24.9 Å². The molecule has 0 unspecified atom stereocenters. The Morgan fingerprint density at radius 3 is 1.38 bits per heavy atom. The summed E-state index contributed by atoms with van der Waals surface area (Å²) in [7, 11) is 0. The first-order chi connectivity index (χ1) is 32.2. The number of nitrogens with zero attached hydrogens (tertiary/aromatic N) is 5. The molecule has 0 atom stereocenters. The van der Waals surface area contributed by atoms with Gasteiger partial charge in [0.25, 0.3) is 0 Å². The zero-order chi connectivity index (χ0) is 43.6. The summed E-state index contributed by atoms with van der Waals surface area (Å²) in [5, 5.41) is 0. The molecule has 0 aliphatic carbocycles. The van der Waals surface area contributed by atoms with E-state index in [1.807, 2.05) is 115 Å². The molecule has 4 aromatic heterocycles. The lowest BCUT2D eigenvalue weighted by atomic mass is 9.93. The molecule has 312 valence electrons. The minimum atomic E-state index is 0.362. The maximum Gasteiger partial charge on any atom is 0.159 e. The Morgan fingerprint density at radius 2 is 0.815 bits per heavy atom. The predicted octanol–water partition coefficient (Wildman–Crippen LogP) is 13.6. The summed E-state index contributed by atoms with van der Waals surface area (Å²) in [6.45, 7) is 0.723. The van der Waals surface area contributed by atoms with E-state index in [0.717, 1.165) is 72.7 Å². The SMILES string of the molecule is c1ccc(-c2ccc(COc3cc(OCc4ccc(-c5ccccn5)cc4)cc(-c4ccccc4-c4ccc(-c5ncccn5)cc4Oc4cccc(-c5ccccn5)c4)c3)cc2)nc1. The van der Waals surface area contributed by atoms with E-state index in [1.165, 1.54) is 0 Å². The van der Waals surface area contributed by atoms with Crippen LogP contribution in [-0.2, 0) is 13.2 Å². The van der Waals surface area contributed by atoms with Crippen LogP contribution in [0.2, 0.25) is 0 Å². The quantitative estimate of drug-likeness (QED) is 0.107. The predicted molar refractivity (Wildman–Crippen MR) is 256 cm³/mol. The second-order valence-electron chi connectivity index (χ2n) is 15.3. The highest BCUT2D eigenvalue weighted by molar-refractivity contribution is 5.88. The molecule has 0 amide bonds. The first-order valence-corrected chi connectivity index (χ1v) is 21.3. The molecule has 10 rings (SSSR count). The lowest BCUT2D eigenvalue weighted by molar-refractivity contribution is 0.290. The fourth-order valence-electron chi connectivity index (χ4n) is 7.60. The van der Waals surface area contributed by atoms with Gasteiger partial charge in [-0.05, 0) is 107 Å². The molecule has 8 heteroatoms. The van der Waals surface area contributed by atoms with Gasteiger partial charge in [0.1, 0.15) is 36.2 Å². The van der Waals surface area contributed by atoms with Gasteiger partial charge in [-0.3, -0.25) is 15.0 Å². The third-order valence-electron chi connectivity index (χ3n) is 10.9. The van der Waals surface area contributed by atoms with E-state index < -0.39 is 0 Å². The molecule has 0 aliphatic heterocycles. The summed E-state index contributed by atoms with van der Waals surface area (Å²) in [4.78, 5) is 22.7. The van der Waals surface area contributed by atoms with Crippen LogP contribution < -0.4 is 14.2 Å². The van der Waals surface area contributed by atoms with Crippen LogP contribution in [0.5, 0.6) is 23.0 Å². The van der Waals surface area contributed by atoms with Crippen molar-refractivity contribution in [3.8, 4) is 90.4 Å². The molecule has 8 nitrogen and oxygen atoms in total. The Hall–Kier alpha value is -8.75. The van der Waals surface area contributed by atoms with E-state index in [4.69, 9.17) is 14.2 Å². The molecule has 0 spiro atoms. The molecule has 0 N–H and O–H groups in total. The summed E-state index contributed by atoms with van der Waals surface area (Å²) in [5.74, 6) is 3.26. The molecule has 0 saturated carbocycles. The van der Waals surface area contributed by atoms with Crippen molar-refractivity contribution in [3.63, 3.8) is 0 Å². The zero-order valence-corrected chi connectivity index (χ0v) is 35.2. The second kappa shape index (κ2) is 19.1. The summed E-state index contributed by atoms with van der Waals surface area (Å²) in [5.41, 5.74) is 12.4. The monoisotopic (exact) mass is 843 g/mol. The van der Waals surface area contributed by atoms with Gasteiger partial charge in [0.05, 0.1) is 17.1 Å². The maximum absolute atomic E-state index is 6.83. The van der Waals surface area contributed by atoms with Crippen LogP contribution in [0.25, 0.3) is 67.4 Å². The third kappa shape index (κ3) is 9.68. The lowest BCUT2D eigenvalue weighted by Gasteiger charge is -2.18. The van der Waals surface area contributed by atoms with E-state index in [1.54, 1.807) is 31.0 Å². The molecule has 0 radical (unpaired) electrons. The number of hydrogen-bond donors (Lipinski definition) is 0. The molecule has 10 aromatic rings. The number of benzene rings is 6. The molecular formula is C57H41N5O3. The standard InChI is InChI=1S/C57H41N5O3/c1-2-14-51(52-27-26-45(57-61-31-10-32-62-57)36-56(52)65-47-12-9-11-44(33-47)55-17-5-8-30-60-55)50(13-1)46-34-48(63-38-40-18-22-42(23-19-40)53-15-3-6-28-58-53)37-49(35-46)64-39-41-20-24-43(25-21-41)54-16-4-7-29-59-54/h1-37H,38-39H2. The zero-order valence-electron chi connectivity index (χ0n) is 35.2. The first-order valence-electron chi connectivity index (χ1n) is 21.3. The van der Waals surface area contributed by atoms with Crippen LogP contribution in [0.15, 0.2) is 225 Å². The van der Waals surface area contributed by atoms with Gasteiger partial charge in [0.2, 0.25) is 0 Å². The largest absolute Gasteiger partial charge is 0.489 e. The van der Waals surface area contributed by atoms with Crippen molar-refractivity contribution in [2.45, 2.75) is 13.2 Å². The summed E-state index contributed by atoms with van der Waals surface area (Å²) in [6, 6.07) is 64.6. The van der Waals surface area contributed by atoms with Crippen LogP contribution in [0.1, 0.15) is 11.1 Å². The van der Waals surface area contributed by atoms with Crippen molar-refractivity contribution < 1.29 is 14.2 Å². The molecular weight excluding hydrogens is 803 g/mol. The van der Waals surface area contributed by atoms with Gasteiger partial charge in [-0.25, -0.2) is 9.97 Å². The number of ether oxygens (including phenoxy) is 3. The average Bonchev–Trinajstić information content (AvgIpc) is 3.39. The topological polar surface area (TPSA) is 92.1 Å². The van der Waals surface area contributed by atoms with E-state index in [2.05, 4.69) is 104 Å². The van der Waals surface area contributed by atoms with Crippen molar-refractivity contribution in [1.29, 1.82) is 0 Å². The van der Waals surface area contributed by atoms with Gasteiger partial charge in [-0.2, -0.15) is 0 Å².